The van der Waals surface area contributed by atoms with Crippen molar-refractivity contribution in [2.24, 2.45) is 11.3 Å². The molecule has 0 aromatic heterocycles. The summed E-state index contributed by atoms with van der Waals surface area (Å²) in [4.78, 5) is 26.6. The molecule has 2 rings (SSSR count). The van der Waals surface area contributed by atoms with E-state index in [0.29, 0.717) is 6.42 Å². The van der Waals surface area contributed by atoms with Crippen molar-refractivity contribution < 1.29 is 14.3 Å². The average molecular weight is 295 g/mol. The highest BCUT2D eigenvalue weighted by Crippen LogP contribution is 2.42. The summed E-state index contributed by atoms with van der Waals surface area (Å²) in [6, 6.07) is 0.0384. The van der Waals surface area contributed by atoms with E-state index in [2.05, 4.69) is 13.8 Å². The molecule has 2 unspecified atom stereocenters. The van der Waals surface area contributed by atoms with Crippen molar-refractivity contribution >= 4 is 11.9 Å². The Morgan fingerprint density at radius 2 is 1.86 bits per heavy atom. The van der Waals surface area contributed by atoms with E-state index < -0.39 is 0 Å². The van der Waals surface area contributed by atoms with Gasteiger partial charge < -0.3 is 9.64 Å². The zero-order chi connectivity index (χ0) is 15.5. The van der Waals surface area contributed by atoms with E-state index >= 15 is 0 Å². The fourth-order valence-corrected chi connectivity index (χ4v) is 3.93. The molecule has 1 aliphatic heterocycles. The maximum atomic E-state index is 13.0. The summed E-state index contributed by atoms with van der Waals surface area (Å²) in [5.41, 5.74) is 0.0859. The van der Waals surface area contributed by atoms with Crippen LogP contribution < -0.4 is 0 Å². The van der Waals surface area contributed by atoms with Gasteiger partial charge in [0, 0.05) is 18.5 Å². The normalized spacial score (nSPS) is 29.0. The average Bonchev–Trinajstić information content (AvgIpc) is 2.46. The van der Waals surface area contributed by atoms with Gasteiger partial charge in [0.15, 0.2) is 0 Å². The van der Waals surface area contributed by atoms with E-state index in [4.69, 9.17) is 4.74 Å². The summed E-state index contributed by atoms with van der Waals surface area (Å²) >= 11 is 0. The SMILES string of the molecule is COC(=O)CC1CCCCN1C(=O)C1CCCCC1(C)C. The minimum atomic E-state index is -0.206. The van der Waals surface area contributed by atoms with E-state index in [-0.39, 0.29) is 29.3 Å². The van der Waals surface area contributed by atoms with E-state index in [9.17, 15) is 9.59 Å². The molecule has 0 aromatic carbocycles. The lowest BCUT2D eigenvalue weighted by Gasteiger charge is -2.43. The number of esters is 1. The first-order chi connectivity index (χ1) is 9.95. The first-order valence-electron chi connectivity index (χ1n) is 8.33. The summed E-state index contributed by atoms with van der Waals surface area (Å²) in [7, 11) is 1.42. The lowest BCUT2D eigenvalue weighted by atomic mass is 9.68. The van der Waals surface area contributed by atoms with E-state index in [0.717, 1.165) is 45.1 Å². The Hall–Kier alpha value is -1.06. The zero-order valence-electron chi connectivity index (χ0n) is 13.7. The Bertz CT molecular complexity index is 391. The quantitative estimate of drug-likeness (QED) is 0.751. The van der Waals surface area contributed by atoms with Crippen LogP contribution in [0.15, 0.2) is 0 Å². The zero-order valence-corrected chi connectivity index (χ0v) is 13.7. The van der Waals surface area contributed by atoms with Gasteiger partial charge in [-0.3, -0.25) is 9.59 Å². The molecule has 0 aromatic rings. The number of piperidine rings is 1. The van der Waals surface area contributed by atoms with Crippen LogP contribution in [0, 0.1) is 11.3 Å². The number of carbonyl (C=O) groups is 2. The molecule has 4 nitrogen and oxygen atoms in total. The lowest BCUT2D eigenvalue weighted by Crippen LogP contribution is -2.50. The Labute approximate surface area is 128 Å². The highest BCUT2D eigenvalue weighted by atomic mass is 16.5. The van der Waals surface area contributed by atoms with Gasteiger partial charge in [-0.1, -0.05) is 26.7 Å². The van der Waals surface area contributed by atoms with E-state index in [1.54, 1.807) is 0 Å². The monoisotopic (exact) mass is 295 g/mol. The van der Waals surface area contributed by atoms with Gasteiger partial charge in [0.2, 0.25) is 5.91 Å². The fourth-order valence-electron chi connectivity index (χ4n) is 3.93. The number of hydrogen-bond acceptors (Lipinski definition) is 3. The van der Waals surface area contributed by atoms with Crippen LogP contribution in [0.5, 0.6) is 0 Å². The highest BCUT2D eigenvalue weighted by molar-refractivity contribution is 5.81. The van der Waals surface area contributed by atoms with Crippen LogP contribution in [0.3, 0.4) is 0 Å². The number of nitrogens with zero attached hydrogens (tertiary/aromatic N) is 1. The Balaban J connectivity index is 2.09. The van der Waals surface area contributed by atoms with Crippen LogP contribution in [0.4, 0.5) is 0 Å². The molecule has 21 heavy (non-hydrogen) atoms. The molecule has 2 fully saturated rings. The summed E-state index contributed by atoms with van der Waals surface area (Å²) < 4.78 is 4.79. The van der Waals surface area contributed by atoms with Gasteiger partial charge in [-0.15, -0.1) is 0 Å². The molecular formula is C17H29NO3. The second-order valence-corrected chi connectivity index (χ2v) is 7.25. The second-order valence-electron chi connectivity index (χ2n) is 7.25. The predicted octanol–water partition coefficient (Wildman–Crippen LogP) is 3.15. The van der Waals surface area contributed by atoms with Crippen LogP contribution in [-0.4, -0.2) is 36.5 Å². The number of likely N-dealkylation sites (tertiary alicyclic amines) is 1. The molecule has 1 amide bonds. The molecule has 0 bridgehead atoms. The van der Waals surface area contributed by atoms with Gasteiger partial charge in [0.05, 0.1) is 13.5 Å². The third-order valence-electron chi connectivity index (χ3n) is 5.35. The summed E-state index contributed by atoms with van der Waals surface area (Å²) in [6.07, 6.45) is 7.91. The van der Waals surface area contributed by atoms with Crippen molar-refractivity contribution in [3.05, 3.63) is 0 Å². The van der Waals surface area contributed by atoms with Crippen LogP contribution in [0.1, 0.15) is 65.2 Å². The fraction of sp³-hybridized carbons (Fsp3) is 0.882. The molecular weight excluding hydrogens is 266 g/mol. The topological polar surface area (TPSA) is 46.6 Å². The van der Waals surface area contributed by atoms with Gasteiger partial charge in [-0.05, 0) is 37.5 Å². The largest absolute Gasteiger partial charge is 0.469 e. The number of amides is 1. The van der Waals surface area contributed by atoms with Gasteiger partial charge in [0.1, 0.15) is 0 Å². The first kappa shape index (κ1) is 16.3. The third-order valence-corrected chi connectivity index (χ3v) is 5.35. The smallest absolute Gasteiger partial charge is 0.307 e. The molecule has 0 N–H and O–H groups in total. The maximum absolute atomic E-state index is 13.0. The summed E-state index contributed by atoms with van der Waals surface area (Å²) in [5.74, 6) is 0.181. The van der Waals surface area contributed by atoms with Crippen molar-refractivity contribution in [1.82, 2.24) is 4.90 Å². The van der Waals surface area contributed by atoms with Crippen LogP contribution in [0.2, 0.25) is 0 Å². The number of ether oxygens (including phenoxy) is 1. The summed E-state index contributed by atoms with van der Waals surface area (Å²) in [5, 5.41) is 0. The third kappa shape index (κ3) is 3.78. The Kier molecular flexibility index (Phi) is 5.28. The lowest BCUT2D eigenvalue weighted by molar-refractivity contribution is -0.149. The molecule has 1 heterocycles. The van der Waals surface area contributed by atoms with Crippen molar-refractivity contribution in [1.29, 1.82) is 0 Å². The maximum Gasteiger partial charge on any atom is 0.307 e. The molecule has 1 aliphatic carbocycles. The van der Waals surface area contributed by atoms with Crippen LogP contribution in [-0.2, 0) is 14.3 Å². The number of rotatable bonds is 3. The highest BCUT2D eigenvalue weighted by Gasteiger charge is 2.41. The first-order valence-corrected chi connectivity index (χ1v) is 8.33. The molecule has 120 valence electrons. The number of carbonyl (C=O) groups excluding carboxylic acids is 2. The molecule has 2 aliphatic rings. The number of methoxy groups -OCH3 is 1. The molecule has 0 spiro atoms. The van der Waals surface area contributed by atoms with Crippen molar-refractivity contribution in [3.8, 4) is 0 Å². The molecule has 1 saturated carbocycles. The van der Waals surface area contributed by atoms with Crippen molar-refractivity contribution in [3.63, 3.8) is 0 Å². The molecule has 0 radical (unpaired) electrons. The molecule has 2 atom stereocenters. The number of hydrogen-bond donors (Lipinski definition) is 0. The summed E-state index contributed by atoms with van der Waals surface area (Å²) in [6.45, 7) is 5.23. The minimum absolute atomic E-state index is 0.0384. The Morgan fingerprint density at radius 1 is 1.14 bits per heavy atom. The Morgan fingerprint density at radius 3 is 2.52 bits per heavy atom. The van der Waals surface area contributed by atoms with Crippen LogP contribution >= 0.6 is 0 Å². The van der Waals surface area contributed by atoms with Gasteiger partial charge in [0.25, 0.3) is 0 Å². The predicted molar refractivity (Wildman–Crippen MR) is 81.7 cm³/mol. The standard InChI is InChI=1S/C17H29NO3/c1-17(2)10-6-4-9-14(17)16(20)18-11-7-5-8-13(18)12-15(19)21-3/h13-14H,4-12H2,1-3H3. The van der Waals surface area contributed by atoms with Crippen LogP contribution in [0.25, 0.3) is 0 Å². The van der Waals surface area contributed by atoms with Gasteiger partial charge >= 0.3 is 5.97 Å². The van der Waals surface area contributed by atoms with E-state index in [1.807, 2.05) is 4.90 Å². The molecule has 4 heteroatoms. The van der Waals surface area contributed by atoms with Crippen molar-refractivity contribution in [2.45, 2.75) is 71.3 Å². The second kappa shape index (κ2) is 6.80. The van der Waals surface area contributed by atoms with Crippen molar-refractivity contribution in [2.75, 3.05) is 13.7 Å². The van der Waals surface area contributed by atoms with Gasteiger partial charge in [-0.25, -0.2) is 0 Å². The molecule has 1 saturated heterocycles. The van der Waals surface area contributed by atoms with Gasteiger partial charge in [-0.2, -0.15) is 0 Å². The van der Waals surface area contributed by atoms with E-state index in [1.165, 1.54) is 13.5 Å². The minimum Gasteiger partial charge on any atom is -0.469 e.